The molecule has 0 unspecified atom stereocenters. The van der Waals surface area contributed by atoms with Gasteiger partial charge in [0.1, 0.15) is 0 Å². The highest BCUT2D eigenvalue weighted by Crippen LogP contribution is 2.16. The molecule has 0 aromatic carbocycles. The van der Waals surface area contributed by atoms with Crippen LogP contribution in [0.25, 0.3) is 0 Å². The molecule has 1 aliphatic rings. The van der Waals surface area contributed by atoms with E-state index in [2.05, 4.69) is 24.6 Å². The van der Waals surface area contributed by atoms with Crippen LogP contribution in [-0.2, 0) is 4.79 Å². The summed E-state index contributed by atoms with van der Waals surface area (Å²) in [6.45, 7) is 3.25. The summed E-state index contributed by atoms with van der Waals surface area (Å²) in [5.74, 6) is 1.57. The van der Waals surface area contributed by atoms with Gasteiger partial charge in [0.05, 0.1) is 0 Å². The van der Waals surface area contributed by atoms with Crippen LogP contribution in [0.2, 0.25) is 0 Å². The van der Waals surface area contributed by atoms with E-state index in [0.717, 1.165) is 6.54 Å². The fourth-order valence-electron chi connectivity index (χ4n) is 2.02. The van der Waals surface area contributed by atoms with Gasteiger partial charge in [0.2, 0.25) is 5.91 Å². The molecule has 1 aliphatic heterocycles. The third-order valence-corrected chi connectivity index (χ3v) is 3.35. The number of carbonyl (C=O) groups is 1. The zero-order valence-corrected chi connectivity index (χ0v) is 10.7. The van der Waals surface area contributed by atoms with Crippen molar-refractivity contribution in [2.24, 2.45) is 5.92 Å². The Bertz CT molecular complexity index is 203. The minimum Gasteiger partial charge on any atom is -0.345 e. The predicted molar refractivity (Wildman–Crippen MR) is 66.3 cm³/mol. The number of amides is 1. The van der Waals surface area contributed by atoms with E-state index >= 15 is 0 Å². The van der Waals surface area contributed by atoms with Crippen molar-refractivity contribution >= 4 is 18.5 Å². The van der Waals surface area contributed by atoms with E-state index in [1.807, 2.05) is 11.9 Å². The highest BCUT2D eigenvalue weighted by molar-refractivity contribution is 7.80. The standard InChI is InChI=1S/C11H22N2OS/c1-12-6-3-10(4-7-12)9-13(2)11(14)5-8-15/h10,15H,3-9H2,1-2H3. The van der Waals surface area contributed by atoms with Crippen molar-refractivity contribution in [2.45, 2.75) is 19.3 Å². The van der Waals surface area contributed by atoms with Crippen LogP contribution in [0.1, 0.15) is 19.3 Å². The first kappa shape index (κ1) is 12.8. The molecule has 3 nitrogen and oxygen atoms in total. The Balaban J connectivity index is 2.25. The highest BCUT2D eigenvalue weighted by atomic mass is 32.1. The maximum absolute atomic E-state index is 11.5. The summed E-state index contributed by atoms with van der Waals surface area (Å²) in [7, 11) is 4.07. The van der Waals surface area contributed by atoms with Gasteiger partial charge < -0.3 is 9.80 Å². The fourth-order valence-corrected chi connectivity index (χ4v) is 2.21. The van der Waals surface area contributed by atoms with Gasteiger partial charge in [0.25, 0.3) is 0 Å². The van der Waals surface area contributed by atoms with Crippen molar-refractivity contribution in [1.29, 1.82) is 0 Å². The molecule has 15 heavy (non-hydrogen) atoms. The molecule has 4 heteroatoms. The first-order valence-corrected chi connectivity index (χ1v) is 6.30. The minimum absolute atomic E-state index is 0.226. The molecule has 1 fully saturated rings. The van der Waals surface area contributed by atoms with E-state index in [1.165, 1.54) is 25.9 Å². The van der Waals surface area contributed by atoms with Gasteiger partial charge in [-0.2, -0.15) is 12.6 Å². The van der Waals surface area contributed by atoms with Crippen LogP contribution in [0.5, 0.6) is 0 Å². The summed E-state index contributed by atoms with van der Waals surface area (Å²) in [5.41, 5.74) is 0. The third-order valence-electron chi connectivity index (χ3n) is 3.12. The topological polar surface area (TPSA) is 23.6 Å². The Morgan fingerprint density at radius 3 is 2.60 bits per heavy atom. The normalized spacial score (nSPS) is 19.1. The molecule has 0 radical (unpaired) electrons. The smallest absolute Gasteiger partial charge is 0.223 e. The van der Waals surface area contributed by atoms with Crippen LogP contribution in [0.3, 0.4) is 0 Å². The van der Waals surface area contributed by atoms with E-state index in [-0.39, 0.29) is 5.91 Å². The van der Waals surface area contributed by atoms with Gasteiger partial charge in [-0.15, -0.1) is 0 Å². The van der Waals surface area contributed by atoms with Crippen LogP contribution in [0, 0.1) is 5.92 Å². The molecule has 88 valence electrons. The molecule has 0 aromatic rings. The summed E-state index contributed by atoms with van der Waals surface area (Å²) in [6.07, 6.45) is 3.00. The Morgan fingerprint density at radius 1 is 1.47 bits per heavy atom. The largest absolute Gasteiger partial charge is 0.345 e. The number of nitrogens with zero attached hydrogens (tertiary/aromatic N) is 2. The Kier molecular flexibility index (Phi) is 5.47. The van der Waals surface area contributed by atoms with Gasteiger partial charge in [-0.3, -0.25) is 4.79 Å². The van der Waals surface area contributed by atoms with Gasteiger partial charge in [-0.05, 0) is 44.6 Å². The summed E-state index contributed by atoms with van der Waals surface area (Å²) in [6, 6.07) is 0. The maximum Gasteiger partial charge on any atom is 0.223 e. The molecule has 0 spiro atoms. The average molecular weight is 230 g/mol. The molecule has 0 saturated carbocycles. The van der Waals surface area contributed by atoms with E-state index < -0.39 is 0 Å². The Morgan fingerprint density at radius 2 is 2.07 bits per heavy atom. The minimum atomic E-state index is 0.226. The zero-order valence-electron chi connectivity index (χ0n) is 9.78. The van der Waals surface area contributed by atoms with Crippen LogP contribution >= 0.6 is 12.6 Å². The van der Waals surface area contributed by atoms with Crippen molar-refractivity contribution in [3.05, 3.63) is 0 Å². The molecular weight excluding hydrogens is 208 g/mol. The van der Waals surface area contributed by atoms with Crippen LogP contribution in [0.15, 0.2) is 0 Å². The monoisotopic (exact) mass is 230 g/mol. The number of rotatable bonds is 4. The number of hydrogen-bond donors (Lipinski definition) is 1. The van der Waals surface area contributed by atoms with Crippen molar-refractivity contribution in [3.8, 4) is 0 Å². The molecule has 1 rings (SSSR count). The van der Waals surface area contributed by atoms with Crippen molar-refractivity contribution < 1.29 is 4.79 Å². The van der Waals surface area contributed by atoms with E-state index in [1.54, 1.807) is 0 Å². The number of carbonyl (C=O) groups excluding carboxylic acids is 1. The average Bonchev–Trinajstić information content (AvgIpc) is 2.22. The first-order valence-electron chi connectivity index (χ1n) is 5.67. The Labute approximate surface area is 98.2 Å². The molecule has 0 atom stereocenters. The molecule has 1 saturated heterocycles. The van der Waals surface area contributed by atoms with Gasteiger partial charge >= 0.3 is 0 Å². The molecule has 0 aromatic heterocycles. The van der Waals surface area contributed by atoms with Gasteiger partial charge in [0, 0.05) is 20.0 Å². The fraction of sp³-hybridized carbons (Fsp3) is 0.909. The SMILES string of the molecule is CN1CCC(CN(C)C(=O)CCS)CC1. The predicted octanol–water partition coefficient (Wildman–Crippen LogP) is 1.11. The van der Waals surface area contributed by atoms with Crippen molar-refractivity contribution in [2.75, 3.05) is 39.5 Å². The van der Waals surface area contributed by atoms with Crippen LogP contribution in [-0.4, -0.2) is 55.2 Å². The highest BCUT2D eigenvalue weighted by Gasteiger charge is 2.19. The molecule has 1 amide bonds. The third kappa shape index (κ3) is 4.43. The lowest BCUT2D eigenvalue weighted by Gasteiger charge is -2.31. The number of hydrogen-bond acceptors (Lipinski definition) is 3. The second-order valence-electron chi connectivity index (χ2n) is 4.49. The van der Waals surface area contributed by atoms with E-state index in [9.17, 15) is 4.79 Å². The van der Waals surface area contributed by atoms with Gasteiger partial charge in [0.15, 0.2) is 0 Å². The lowest BCUT2D eigenvalue weighted by Crippen LogP contribution is -2.38. The second kappa shape index (κ2) is 6.38. The van der Waals surface area contributed by atoms with Gasteiger partial charge in [-0.25, -0.2) is 0 Å². The summed E-state index contributed by atoms with van der Waals surface area (Å²) >= 11 is 4.08. The van der Waals surface area contributed by atoms with Crippen molar-refractivity contribution in [3.63, 3.8) is 0 Å². The maximum atomic E-state index is 11.5. The van der Waals surface area contributed by atoms with Crippen molar-refractivity contribution in [1.82, 2.24) is 9.80 Å². The number of piperidine rings is 1. The molecule has 0 bridgehead atoms. The molecule has 0 N–H and O–H groups in total. The van der Waals surface area contributed by atoms with Crippen LogP contribution < -0.4 is 0 Å². The number of thiol groups is 1. The molecular formula is C11H22N2OS. The van der Waals surface area contributed by atoms with Crippen LogP contribution in [0.4, 0.5) is 0 Å². The first-order chi connectivity index (χ1) is 7.13. The summed E-state index contributed by atoms with van der Waals surface area (Å²) in [4.78, 5) is 15.8. The summed E-state index contributed by atoms with van der Waals surface area (Å²) < 4.78 is 0. The van der Waals surface area contributed by atoms with Gasteiger partial charge in [-0.1, -0.05) is 0 Å². The van der Waals surface area contributed by atoms with E-state index in [0.29, 0.717) is 18.1 Å². The number of likely N-dealkylation sites (tertiary alicyclic amines) is 1. The summed E-state index contributed by atoms with van der Waals surface area (Å²) in [5, 5.41) is 0. The molecule has 1 heterocycles. The second-order valence-corrected chi connectivity index (χ2v) is 4.94. The lowest BCUT2D eigenvalue weighted by molar-refractivity contribution is -0.130. The zero-order chi connectivity index (χ0) is 11.3. The lowest BCUT2D eigenvalue weighted by atomic mass is 9.96. The molecule has 0 aliphatic carbocycles. The van der Waals surface area contributed by atoms with E-state index in [4.69, 9.17) is 0 Å². The quantitative estimate of drug-likeness (QED) is 0.731. The Hall–Kier alpha value is -0.220.